The molecule has 1 fully saturated rings. The van der Waals surface area contributed by atoms with Crippen molar-refractivity contribution in [1.29, 1.82) is 0 Å². The number of amides is 1. The van der Waals surface area contributed by atoms with Crippen LogP contribution >= 0.6 is 0 Å². The molecule has 0 radical (unpaired) electrons. The molecule has 0 aliphatic carbocycles. The van der Waals surface area contributed by atoms with E-state index in [0.717, 1.165) is 36.3 Å². The van der Waals surface area contributed by atoms with Crippen molar-refractivity contribution in [2.24, 2.45) is 0 Å². The number of carbonyl (C=O) groups is 1. The van der Waals surface area contributed by atoms with Crippen LogP contribution in [0.25, 0.3) is 0 Å². The second-order valence-corrected chi connectivity index (χ2v) is 10.7. The third kappa shape index (κ3) is 6.81. The number of anilines is 1. The van der Waals surface area contributed by atoms with Gasteiger partial charge < -0.3 is 5.32 Å². The van der Waals surface area contributed by atoms with E-state index < -0.39 is 10.0 Å². The number of nitrogens with zero attached hydrogens (tertiary/aromatic N) is 2. The fraction of sp³-hybridized carbons (Fsp3) is 0.480. The van der Waals surface area contributed by atoms with Gasteiger partial charge in [-0.1, -0.05) is 36.4 Å². The van der Waals surface area contributed by atoms with E-state index >= 15 is 0 Å². The highest BCUT2D eigenvalue weighted by Gasteiger charge is 2.20. The molecule has 1 N–H and O–H groups in total. The highest BCUT2D eigenvalue weighted by atomic mass is 32.2. The van der Waals surface area contributed by atoms with Gasteiger partial charge >= 0.3 is 0 Å². The van der Waals surface area contributed by atoms with Crippen LogP contribution in [0.2, 0.25) is 0 Å². The van der Waals surface area contributed by atoms with E-state index in [0.29, 0.717) is 18.7 Å². The Morgan fingerprint density at radius 2 is 1.75 bits per heavy atom. The summed E-state index contributed by atoms with van der Waals surface area (Å²) in [7, 11) is -3.43. The van der Waals surface area contributed by atoms with E-state index in [-0.39, 0.29) is 18.9 Å². The Kier molecular flexibility index (Phi) is 8.32. The number of hydrogen-bond donors (Lipinski definition) is 1. The number of carbonyl (C=O) groups excluding carboxylic acids is 1. The van der Waals surface area contributed by atoms with Crippen LogP contribution < -0.4 is 9.62 Å². The van der Waals surface area contributed by atoms with Gasteiger partial charge in [-0.15, -0.1) is 0 Å². The van der Waals surface area contributed by atoms with Crippen molar-refractivity contribution in [3.8, 4) is 0 Å². The number of sulfonamides is 1. The van der Waals surface area contributed by atoms with Crippen molar-refractivity contribution in [2.45, 2.75) is 52.6 Å². The number of likely N-dealkylation sites (tertiary alicyclic amines) is 1. The molecule has 6 nitrogen and oxygen atoms in total. The number of rotatable bonds is 10. The molecule has 1 aliphatic heterocycles. The maximum atomic E-state index is 12.5. The lowest BCUT2D eigenvalue weighted by molar-refractivity contribution is -0.121. The Bertz CT molecular complexity index is 1030. The summed E-state index contributed by atoms with van der Waals surface area (Å²) in [6, 6.07) is 14.0. The van der Waals surface area contributed by atoms with Crippen molar-refractivity contribution in [3.05, 3.63) is 64.7 Å². The minimum absolute atomic E-state index is 0.0598. The second kappa shape index (κ2) is 11.0. The Hall–Kier alpha value is -2.38. The normalized spacial score (nSPS) is 14.5. The molecule has 0 unspecified atom stereocenters. The van der Waals surface area contributed by atoms with Crippen molar-refractivity contribution in [1.82, 2.24) is 10.2 Å². The van der Waals surface area contributed by atoms with E-state index in [1.807, 2.05) is 44.2 Å². The lowest BCUT2D eigenvalue weighted by atomic mass is 10.1. The maximum absolute atomic E-state index is 12.5. The van der Waals surface area contributed by atoms with Crippen LogP contribution in [0, 0.1) is 13.8 Å². The molecule has 1 heterocycles. The topological polar surface area (TPSA) is 69.7 Å². The van der Waals surface area contributed by atoms with Gasteiger partial charge in [0.1, 0.15) is 0 Å². The van der Waals surface area contributed by atoms with E-state index in [1.165, 1.54) is 29.0 Å². The molecule has 0 atom stereocenters. The largest absolute Gasteiger partial charge is 0.352 e. The van der Waals surface area contributed by atoms with Crippen molar-refractivity contribution in [2.75, 3.05) is 30.2 Å². The van der Waals surface area contributed by atoms with Crippen LogP contribution in [0.5, 0.6) is 0 Å². The fourth-order valence-electron chi connectivity index (χ4n) is 4.18. The first kappa shape index (κ1) is 24.3. The van der Waals surface area contributed by atoms with Gasteiger partial charge in [0.2, 0.25) is 15.9 Å². The highest BCUT2D eigenvalue weighted by Crippen LogP contribution is 2.24. The molecule has 1 saturated heterocycles. The summed E-state index contributed by atoms with van der Waals surface area (Å²) in [4.78, 5) is 14.9. The van der Waals surface area contributed by atoms with E-state index in [9.17, 15) is 13.2 Å². The van der Waals surface area contributed by atoms with E-state index in [2.05, 4.69) is 22.3 Å². The summed E-state index contributed by atoms with van der Waals surface area (Å²) in [5.41, 5.74) is 4.99. The fourth-order valence-corrected chi connectivity index (χ4v) is 5.20. The van der Waals surface area contributed by atoms with Crippen LogP contribution in [-0.2, 0) is 27.9 Å². The summed E-state index contributed by atoms with van der Waals surface area (Å²) >= 11 is 0. The van der Waals surface area contributed by atoms with Gasteiger partial charge in [-0.3, -0.25) is 14.0 Å². The molecular formula is C25H35N3O3S. The van der Waals surface area contributed by atoms with Gasteiger partial charge in [-0.05, 0) is 74.5 Å². The van der Waals surface area contributed by atoms with Crippen LogP contribution in [0.3, 0.4) is 0 Å². The minimum Gasteiger partial charge on any atom is -0.352 e. The minimum atomic E-state index is -3.43. The summed E-state index contributed by atoms with van der Waals surface area (Å²) < 4.78 is 26.2. The van der Waals surface area contributed by atoms with Gasteiger partial charge in [0.15, 0.2) is 0 Å². The van der Waals surface area contributed by atoms with E-state index in [1.54, 1.807) is 0 Å². The predicted octanol–water partition coefficient (Wildman–Crippen LogP) is 3.76. The summed E-state index contributed by atoms with van der Waals surface area (Å²) in [5, 5.41) is 3.01. The zero-order valence-electron chi connectivity index (χ0n) is 19.4. The summed E-state index contributed by atoms with van der Waals surface area (Å²) in [6.45, 7) is 7.82. The number of benzene rings is 2. The SMILES string of the molecule is Cc1ccc(C)c(N(CCCC(=O)NCc2ccccc2CN2CCCC2)S(C)(=O)=O)c1. The molecule has 32 heavy (non-hydrogen) atoms. The van der Waals surface area contributed by atoms with Crippen molar-refractivity contribution < 1.29 is 13.2 Å². The molecular weight excluding hydrogens is 422 g/mol. The summed E-state index contributed by atoms with van der Waals surface area (Å²) in [5.74, 6) is -0.0598. The van der Waals surface area contributed by atoms with Crippen molar-refractivity contribution >= 4 is 21.6 Å². The Morgan fingerprint density at radius 1 is 1.06 bits per heavy atom. The van der Waals surface area contributed by atoms with E-state index in [4.69, 9.17) is 0 Å². The zero-order valence-corrected chi connectivity index (χ0v) is 20.2. The average Bonchev–Trinajstić information content (AvgIpc) is 3.25. The first-order valence-corrected chi connectivity index (χ1v) is 13.2. The van der Waals surface area contributed by atoms with Crippen LogP contribution in [-0.4, -0.2) is 45.1 Å². The average molecular weight is 458 g/mol. The first-order valence-electron chi connectivity index (χ1n) is 11.3. The number of aryl methyl sites for hydroxylation is 2. The molecule has 2 aromatic carbocycles. The Labute approximate surface area is 192 Å². The van der Waals surface area contributed by atoms with Gasteiger partial charge in [0, 0.05) is 26.1 Å². The van der Waals surface area contributed by atoms with Crippen molar-refractivity contribution in [3.63, 3.8) is 0 Å². The molecule has 2 aromatic rings. The standard InChI is InChI=1S/C25H35N3O3S/c1-20-12-13-21(2)24(17-20)28(32(3,30)31)16-8-11-25(29)26-18-22-9-4-5-10-23(22)19-27-14-6-7-15-27/h4-5,9-10,12-13,17H,6-8,11,14-16,18-19H2,1-3H3,(H,26,29). The Balaban J connectivity index is 1.54. The molecule has 3 rings (SSSR count). The first-order chi connectivity index (χ1) is 15.2. The third-order valence-electron chi connectivity index (χ3n) is 5.99. The van der Waals surface area contributed by atoms with Gasteiger partial charge in [0.25, 0.3) is 0 Å². The molecule has 1 aliphatic rings. The third-order valence-corrected chi connectivity index (χ3v) is 7.17. The molecule has 174 valence electrons. The molecule has 0 spiro atoms. The van der Waals surface area contributed by atoms with Gasteiger partial charge in [0.05, 0.1) is 11.9 Å². The number of hydrogen-bond acceptors (Lipinski definition) is 4. The van der Waals surface area contributed by atoms with Crippen LogP contribution in [0.4, 0.5) is 5.69 Å². The molecule has 0 saturated carbocycles. The smallest absolute Gasteiger partial charge is 0.232 e. The lowest BCUT2D eigenvalue weighted by Gasteiger charge is -2.24. The predicted molar refractivity (Wildman–Crippen MR) is 130 cm³/mol. The second-order valence-electron chi connectivity index (χ2n) is 8.76. The molecule has 0 aromatic heterocycles. The molecule has 1 amide bonds. The highest BCUT2D eigenvalue weighted by molar-refractivity contribution is 7.92. The Morgan fingerprint density at radius 3 is 2.44 bits per heavy atom. The lowest BCUT2D eigenvalue weighted by Crippen LogP contribution is -2.32. The quantitative estimate of drug-likeness (QED) is 0.590. The molecule has 0 bridgehead atoms. The monoisotopic (exact) mass is 457 g/mol. The number of nitrogens with one attached hydrogen (secondary N) is 1. The maximum Gasteiger partial charge on any atom is 0.232 e. The zero-order chi connectivity index (χ0) is 23.1. The van der Waals surface area contributed by atoms with Gasteiger partial charge in [-0.2, -0.15) is 0 Å². The van der Waals surface area contributed by atoms with Crippen LogP contribution in [0.1, 0.15) is 47.9 Å². The van der Waals surface area contributed by atoms with Gasteiger partial charge in [-0.25, -0.2) is 8.42 Å². The molecule has 7 heteroatoms. The summed E-state index contributed by atoms with van der Waals surface area (Å²) in [6.07, 6.45) is 4.47. The van der Waals surface area contributed by atoms with Crippen LogP contribution in [0.15, 0.2) is 42.5 Å².